The van der Waals surface area contributed by atoms with Crippen LogP contribution in [0.5, 0.6) is 0 Å². The molecule has 2 bridgehead atoms. The summed E-state index contributed by atoms with van der Waals surface area (Å²) >= 11 is 6.23. The molecule has 0 aromatic heterocycles. The van der Waals surface area contributed by atoms with Crippen LogP contribution < -0.4 is 10.6 Å². The van der Waals surface area contributed by atoms with Gasteiger partial charge in [0.05, 0.1) is 29.7 Å². The Morgan fingerprint density at radius 2 is 1.84 bits per heavy atom. The van der Waals surface area contributed by atoms with Crippen molar-refractivity contribution in [1.82, 2.24) is 10.6 Å². The summed E-state index contributed by atoms with van der Waals surface area (Å²) in [6.45, 7) is 3.67. The van der Waals surface area contributed by atoms with Crippen LogP contribution >= 0.6 is 11.6 Å². The Balaban J connectivity index is 1.61. The van der Waals surface area contributed by atoms with Gasteiger partial charge in [-0.25, -0.2) is 0 Å². The molecule has 0 spiro atoms. The first-order valence-corrected chi connectivity index (χ1v) is 11.0. The van der Waals surface area contributed by atoms with Gasteiger partial charge in [-0.15, -0.1) is 0 Å². The number of ether oxygens (including phenoxy) is 1. The molecule has 0 radical (unpaired) electrons. The van der Waals surface area contributed by atoms with E-state index in [4.69, 9.17) is 16.3 Å². The maximum atomic E-state index is 13.5. The Labute approximate surface area is 189 Å². The van der Waals surface area contributed by atoms with Gasteiger partial charge in [-0.3, -0.25) is 9.59 Å². The van der Waals surface area contributed by atoms with Crippen molar-refractivity contribution in [1.29, 1.82) is 0 Å². The standard InChI is InChI=1S/C23H24ClF3N2O3/c1-11(2)28-22(31)19-17-7-8-18(32-17)20(19)29-21(30)15-10-12(23(25,26)27)9-14(15)13-5-3-4-6-16(13)24/h3-6,9-11,14,17-20H,7-8H2,1-2H3,(H,28,31)(H,29,30)/t14?,17-,18+,19?,20?/m1/s1. The number of allylic oxidation sites excluding steroid dienone is 3. The van der Waals surface area contributed by atoms with Gasteiger partial charge in [0, 0.05) is 22.6 Å². The lowest BCUT2D eigenvalue weighted by molar-refractivity contribution is -0.128. The normalized spacial score (nSPS) is 29.2. The topological polar surface area (TPSA) is 67.4 Å². The Bertz CT molecular complexity index is 989. The predicted octanol–water partition coefficient (Wildman–Crippen LogP) is 4.04. The SMILES string of the molecule is CC(C)NC(=O)C1C(NC(=O)C2=CC(C(F)(F)F)=CC2c2ccccc2Cl)[C@@H]2CC[C@H]1O2. The minimum atomic E-state index is -4.60. The molecule has 2 saturated heterocycles. The number of alkyl halides is 3. The molecule has 172 valence electrons. The smallest absolute Gasteiger partial charge is 0.372 e. The number of benzene rings is 1. The van der Waals surface area contributed by atoms with Gasteiger partial charge in [0.2, 0.25) is 11.8 Å². The van der Waals surface area contributed by atoms with E-state index in [1.54, 1.807) is 24.3 Å². The predicted molar refractivity (Wildman–Crippen MR) is 113 cm³/mol. The van der Waals surface area contributed by atoms with Crippen LogP contribution in [0.15, 0.2) is 47.6 Å². The van der Waals surface area contributed by atoms with E-state index in [0.717, 1.165) is 12.2 Å². The Kier molecular flexibility index (Phi) is 6.11. The molecule has 5 nitrogen and oxygen atoms in total. The van der Waals surface area contributed by atoms with Gasteiger partial charge in [-0.05, 0) is 44.4 Å². The molecule has 2 fully saturated rings. The zero-order valence-corrected chi connectivity index (χ0v) is 18.3. The van der Waals surface area contributed by atoms with Crippen LogP contribution in [0.1, 0.15) is 38.2 Å². The van der Waals surface area contributed by atoms with Crippen LogP contribution in [0.25, 0.3) is 0 Å². The third kappa shape index (κ3) is 4.30. The van der Waals surface area contributed by atoms with E-state index in [0.29, 0.717) is 18.4 Å². The molecule has 2 aliphatic heterocycles. The molecule has 2 amide bonds. The van der Waals surface area contributed by atoms with E-state index in [1.807, 2.05) is 13.8 Å². The number of amides is 2. The van der Waals surface area contributed by atoms with Crippen LogP contribution in [0.2, 0.25) is 5.02 Å². The number of carbonyl (C=O) groups excluding carboxylic acids is 2. The van der Waals surface area contributed by atoms with E-state index >= 15 is 0 Å². The highest BCUT2D eigenvalue weighted by atomic mass is 35.5. The van der Waals surface area contributed by atoms with Gasteiger partial charge >= 0.3 is 6.18 Å². The number of halogens is 4. The molecule has 1 aliphatic carbocycles. The largest absolute Gasteiger partial charge is 0.416 e. The second-order valence-corrected chi connectivity index (χ2v) is 9.10. The average molecular weight is 469 g/mol. The van der Waals surface area contributed by atoms with Gasteiger partial charge in [0.1, 0.15) is 0 Å². The molecule has 5 atom stereocenters. The van der Waals surface area contributed by atoms with E-state index < -0.39 is 35.5 Å². The second-order valence-electron chi connectivity index (χ2n) is 8.70. The molecule has 32 heavy (non-hydrogen) atoms. The second kappa shape index (κ2) is 8.56. The third-order valence-corrected chi connectivity index (χ3v) is 6.47. The van der Waals surface area contributed by atoms with Gasteiger partial charge in [0.25, 0.3) is 0 Å². The molecule has 0 saturated carbocycles. The monoisotopic (exact) mass is 468 g/mol. The number of hydrogen-bond donors (Lipinski definition) is 2. The summed E-state index contributed by atoms with van der Waals surface area (Å²) in [6.07, 6.45) is -2.00. The fourth-order valence-electron chi connectivity index (χ4n) is 4.75. The summed E-state index contributed by atoms with van der Waals surface area (Å²) in [4.78, 5) is 26.0. The van der Waals surface area contributed by atoms with Crippen LogP contribution in [-0.2, 0) is 14.3 Å². The van der Waals surface area contributed by atoms with E-state index in [9.17, 15) is 22.8 Å². The highest BCUT2D eigenvalue weighted by Gasteiger charge is 2.53. The highest BCUT2D eigenvalue weighted by molar-refractivity contribution is 6.31. The summed E-state index contributed by atoms with van der Waals surface area (Å²) in [5, 5.41) is 5.93. The number of carbonyl (C=O) groups is 2. The summed E-state index contributed by atoms with van der Waals surface area (Å²) in [6, 6.07) is 5.81. The molecule has 2 heterocycles. The zero-order valence-electron chi connectivity index (χ0n) is 17.6. The van der Waals surface area contributed by atoms with Crippen LogP contribution in [-0.4, -0.2) is 42.3 Å². The van der Waals surface area contributed by atoms with Crippen molar-refractivity contribution in [2.45, 2.75) is 63.1 Å². The average Bonchev–Trinajstić information content (AvgIpc) is 3.41. The summed E-state index contributed by atoms with van der Waals surface area (Å²) in [5.41, 5.74) is -0.546. The number of fused-ring (bicyclic) bond motifs is 2. The lowest BCUT2D eigenvalue weighted by Crippen LogP contribution is -2.53. The van der Waals surface area contributed by atoms with Gasteiger partial charge < -0.3 is 15.4 Å². The summed E-state index contributed by atoms with van der Waals surface area (Å²) in [5.74, 6) is -2.41. The fraction of sp³-hybridized carbons (Fsp3) is 0.478. The number of hydrogen-bond acceptors (Lipinski definition) is 3. The van der Waals surface area contributed by atoms with Crippen LogP contribution in [0.3, 0.4) is 0 Å². The van der Waals surface area contributed by atoms with Crippen molar-refractivity contribution in [2.75, 3.05) is 0 Å². The molecule has 9 heteroatoms. The van der Waals surface area contributed by atoms with Gasteiger partial charge in [0.15, 0.2) is 0 Å². The maximum absolute atomic E-state index is 13.5. The van der Waals surface area contributed by atoms with Gasteiger partial charge in [-0.1, -0.05) is 35.9 Å². The molecule has 1 aromatic rings. The highest BCUT2D eigenvalue weighted by Crippen LogP contribution is 2.43. The molecular weight excluding hydrogens is 445 g/mol. The van der Waals surface area contributed by atoms with Crippen LogP contribution in [0.4, 0.5) is 13.2 Å². The molecular formula is C23H24ClF3N2O3. The van der Waals surface area contributed by atoms with Gasteiger partial charge in [-0.2, -0.15) is 13.2 Å². The van der Waals surface area contributed by atoms with E-state index in [2.05, 4.69) is 10.6 Å². The molecule has 1 aromatic carbocycles. The molecule has 2 N–H and O–H groups in total. The van der Waals surface area contributed by atoms with Crippen molar-refractivity contribution in [3.63, 3.8) is 0 Å². The lowest BCUT2D eigenvalue weighted by atomic mass is 9.83. The van der Waals surface area contributed by atoms with Crippen molar-refractivity contribution in [3.8, 4) is 0 Å². The number of rotatable bonds is 5. The molecule has 3 aliphatic rings. The van der Waals surface area contributed by atoms with Crippen molar-refractivity contribution < 1.29 is 27.5 Å². The number of nitrogens with one attached hydrogen (secondary N) is 2. The molecule has 3 unspecified atom stereocenters. The quantitative estimate of drug-likeness (QED) is 0.685. The van der Waals surface area contributed by atoms with E-state index in [-0.39, 0.29) is 34.8 Å². The molecule has 4 rings (SSSR count). The van der Waals surface area contributed by atoms with Crippen LogP contribution in [0, 0.1) is 5.92 Å². The lowest BCUT2D eigenvalue weighted by Gasteiger charge is -2.29. The summed E-state index contributed by atoms with van der Waals surface area (Å²) in [7, 11) is 0. The minimum Gasteiger partial charge on any atom is -0.372 e. The Morgan fingerprint density at radius 3 is 2.50 bits per heavy atom. The summed E-state index contributed by atoms with van der Waals surface area (Å²) < 4.78 is 46.2. The maximum Gasteiger partial charge on any atom is 0.416 e. The van der Waals surface area contributed by atoms with Crippen molar-refractivity contribution in [3.05, 3.63) is 58.1 Å². The Morgan fingerprint density at radius 1 is 1.16 bits per heavy atom. The minimum absolute atomic E-state index is 0.0591. The van der Waals surface area contributed by atoms with Crippen molar-refractivity contribution >= 4 is 23.4 Å². The zero-order chi connectivity index (χ0) is 23.2. The first kappa shape index (κ1) is 22.9. The van der Waals surface area contributed by atoms with E-state index in [1.165, 1.54) is 0 Å². The fourth-order valence-corrected chi connectivity index (χ4v) is 5.01. The Hall–Kier alpha value is -2.32. The third-order valence-electron chi connectivity index (χ3n) is 6.13. The van der Waals surface area contributed by atoms with Crippen molar-refractivity contribution in [2.24, 2.45) is 5.92 Å². The first-order valence-electron chi connectivity index (χ1n) is 10.6. The first-order chi connectivity index (χ1) is 15.1.